The van der Waals surface area contributed by atoms with Crippen molar-refractivity contribution >= 4 is 11.9 Å². The predicted molar refractivity (Wildman–Crippen MR) is 65.9 cm³/mol. The van der Waals surface area contributed by atoms with E-state index < -0.39 is 5.97 Å². The van der Waals surface area contributed by atoms with Crippen LogP contribution in [0.5, 0.6) is 0 Å². The molecule has 1 aliphatic heterocycles. The number of carboxylic acids is 1. The Hall–Kier alpha value is -2.57. The summed E-state index contributed by atoms with van der Waals surface area (Å²) in [5.41, 5.74) is 0.199. The average molecular weight is 276 g/mol. The van der Waals surface area contributed by atoms with E-state index in [-0.39, 0.29) is 23.9 Å². The monoisotopic (exact) mass is 276 g/mol. The molecule has 3 heterocycles. The maximum Gasteiger partial charge on any atom is 0.303 e. The molecule has 0 bridgehead atoms. The van der Waals surface area contributed by atoms with Gasteiger partial charge >= 0.3 is 5.97 Å². The van der Waals surface area contributed by atoms with E-state index in [1.165, 1.54) is 12.3 Å². The smallest absolute Gasteiger partial charge is 0.303 e. The largest absolute Gasteiger partial charge is 0.481 e. The van der Waals surface area contributed by atoms with Gasteiger partial charge in [0.2, 0.25) is 5.76 Å². The van der Waals surface area contributed by atoms with Gasteiger partial charge in [-0.1, -0.05) is 5.16 Å². The van der Waals surface area contributed by atoms with E-state index >= 15 is 0 Å². The van der Waals surface area contributed by atoms with Gasteiger partial charge in [-0.2, -0.15) is 0 Å². The van der Waals surface area contributed by atoms with Gasteiger partial charge in [0.05, 0.1) is 12.7 Å². The van der Waals surface area contributed by atoms with Crippen LogP contribution in [0.15, 0.2) is 33.4 Å². The molecule has 1 fully saturated rings. The number of nitrogens with zero attached hydrogens (tertiary/aromatic N) is 2. The van der Waals surface area contributed by atoms with Crippen LogP contribution < -0.4 is 0 Å². The van der Waals surface area contributed by atoms with Gasteiger partial charge in [0, 0.05) is 25.1 Å². The number of carbonyl (C=O) groups excluding carboxylic acids is 1. The molecule has 1 aliphatic rings. The second-order valence-corrected chi connectivity index (χ2v) is 4.73. The molecular weight excluding hydrogens is 264 g/mol. The van der Waals surface area contributed by atoms with E-state index in [0.717, 1.165) is 0 Å². The molecule has 0 unspecified atom stereocenters. The van der Waals surface area contributed by atoms with E-state index in [4.69, 9.17) is 14.0 Å². The highest BCUT2D eigenvalue weighted by atomic mass is 16.5. The van der Waals surface area contributed by atoms with Crippen LogP contribution >= 0.6 is 0 Å². The van der Waals surface area contributed by atoms with E-state index in [0.29, 0.717) is 24.6 Å². The molecule has 7 nitrogen and oxygen atoms in total. The maximum atomic E-state index is 12.1. The molecule has 0 spiro atoms. The Morgan fingerprint density at radius 1 is 1.40 bits per heavy atom. The van der Waals surface area contributed by atoms with E-state index in [1.807, 2.05) is 0 Å². The molecule has 104 valence electrons. The number of amides is 1. The third kappa shape index (κ3) is 2.29. The molecule has 1 amide bonds. The third-order valence-corrected chi connectivity index (χ3v) is 3.20. The fourth-order valence-electron chi connectivity index (χ4n) is 2.18. The van der Waals surface area contributed by atoms with Crippen molar-refractivity contribution in [2.75, 3.05) is 13.1 Å². The van der Waals surface area contributed by atoms with Crippen molar-refractivity contribution in [2.24, 2.45) is 5.92 Å². The standard InChI is InChI=1S/C13H12N2O5/c16-12(17)4-8-6-15(7-8)13(18)9-5-11(20-14-9)10-2-1-3-19-10/h1-3,5,8H,4,6-7H2,(H,16,17). The first kappa shape index (κ1) is 12.5. The lowest BCUT2D eigenvalue weighted by Crippen LogP contribution is -2.50. The molecule has 1 N–H and O–H groups in total. The molecule has 0 radical (unpaired) electrons. The molecule has 0 aromatic carbocycles. The second kappa shape index (κ2) is 4.84. The Labute approximate surface area is 113 Å². The van der Waals surface area contributed by atoms with Gasteiger partial charge < -0.3 is 18.9 Å². The number of furan rings is 1. The molecule has 20 heavy (non-hydrogen) atoms. The normalized spacial score (nSPS) is 15.1. The number of aliphatic carboxylic acids is 1. The Kier molecular flexibility index (Phi) is 3.02. The molecule has 1 saturated heterocycles. The van der Waals surface area contributed by atoms with Crippen molar-refractivity contribution in [3.05, 3.63) is 30.2 Å². The van der Waals surface area contributed by atoms with Gasteiger partial charge in [0.25, 0.3) is 5.91 Å². The SMILES string of the molecule is O=C(O)CC1CN(C(=O)c2cc(-c3ccco3)on2)C1. The fraction of sp³-hybridized carbons (Fsp3) is 0.308. The zero-order chi connectivity index (χ0) is 14.1. The maximum absolute atomic E-state index is 12.1. The molecule has 2 aromatic heterocycles. The Bertz CT molecular complexity index is 625. The summed E-state index contributed by atoms with van der Waals surface area (Å²) in [4.78, 5) is 24.2. The minimum atomic E-state index is -0.844. The zero-order valence-corrected chi connectivity index (χ0v) is 10.5. The summed E-state index contributed by atoms with van der Waals surface area (Å²) >= 11 is 0. The molecule has 0 saturated carbocycles. The summed E-state index contributed by atoms with van der Waals surface area (Å²) in [6.45, 7) is 0.877. The number of aromatic nitrogens is 1. The Morgan fingerprint density at radius 2 is 2.20 bits per heavy atom. The summed E-state index contributed by atoms with van der Waals surface area (Å²) in [5.74, 6) is -0.186. The van der Waals surface area contributed by atoms with Gasteiger partial charge in [0.15, 0.2) is 11.5 Å². The quantitative estimate of drug-likeness (QED) is 0.908. The van der Waals surface area contributed by atoms with Crippen LogP contribution in [0.1, 0.15) is 16.9 Å². The summed E-state index contributed by atoms with van der Waals surface area (Å²) in [7, 11) is 0. The van der Waals surface area contributed by atoms with Crippen molar-refractivity contribution < 1.29 is 23.6 Å². The molecule has 2 aromatic rings. The highest BCUT2D eigenvalue weighted by molar-refractivity contribution is 5.93. The number of likely N-dealkylation sites (tertiary alicyclic amines) is 1. The first-order chi connectivity index (χ1) is 9.63. The first-order valence-corrected chi connectivity index (χ1v) is 6.15. The third-order valence-electron chi connectivity index (χ3n) is 3.20. The summed E-state index contributed by atoms with van der Waals surface area (Å²) in [6, 6.07) is 4.94. The van der Waals surface area contributed by atoms with Crippen LogP contribution in [0.3, 0.4) is 0 Å². The van der Waals surface area contributed by atoms with Crippen LogP contribution in [0, 0.1) is 5.92 Å². The molecular formula is C13H12N2O5. The van der Waals surface area contributed by atoms with Crippen LogP contribution in [-0.4, -0.2) is 40.1 Å². The molecule has 7 heteroatoms. The van der Waals surface area contributed by atoms with Crippen LogP contribution in [-0.2, 0) is 4.79 Å². The van der Waals surface area contributed by atoms with Crippen molar-refractivity contribution in [1.82, 2.24) is 10.1 Å². The number of rotatable bonds is 4. The van der Waals surface area contributed by atoms with Gasteiger partial charge in [-0.05, 0) is 12.1 Å². The lowest BCUT2D eigenvalue weighted by Gasteiger charge is -2.37. The van der Waals surface area contributed by atoms with Crippen molar-refractivity contribution in [3.8, 4) is 11.5 Å². The van der Waals surface area contributed by atoms with Gasteiger partial charge in [0.1, 0.15) is 0 Å². The van der Waals surface area contributed by atoms with Crippen molar-refractivity contribution in [2.45, 2.75) is 6.42 Å². The first-order valence-electron chi connectivity index (χ1n) is 6.15. The number of hydrogen-bond acceptors (Lipinski definition) is 5. The Balaban J connectivity index is 1.63. The molecule has 0 atom stereocenters. The van der Waals surface area contributed by atoms with E-state index in [1.54, 1.807) is 17.0 Å². The fourth-order valence-corrected chi connectivity index (χ4v) is 2.18. The highest BCUT2D eigenvalue weighted by Gasteiger charge is 2.34. The highest BCUT2D eigenvalue weighted by Crippen LogP contribution is 2.24. The molecule has 3 rings (SSSR count). The number of carbonyl (C=O) groups is 2. The number of hydrogen-bond donors (Lipinski definition) is 1. The zero-order valence-electron chi connectivity index (χ0n) is 10.5. The lowest BCUT2D eigenvalue weighted by molar-refractivity contribution is -0.139. The lowest BCUT2D eigenvalue weighted by atomic mass is 9.96. The van der Waals surface area contributed by atoms with Crippen LogP contribution in [0.25, 0.3) is 11.5 Å². The minimum absolute atomic E-state index is 0.0212. The van der Waals surface area contributed by atoms with Crippen molar-refractivity contribution in [3.63, 3.8) is 0 Å². The summed E-state index contributed by atoms with van der Waals surface area (Å²) < 4.78 is 10.2. The second-order valence-electron chi connectivity index (χ2n) is 4.73. The van der Waals surface area contributed by atoms with Crippen LogP contribution in [0.4, 0.5) is 0 Å². The topological polar surface area (TPSA) is 96.8 Å². The van der Waals surface area contributed by atoms with E-state index in [9.17, 15) is 9.59 Å². The van der Waals surface area contributed by atoms with Crippen molar-refractivity contribution in [1.29, 1.82) is 0 Å². The molecule has 0 aliphatic carbocycles. The van der Waals surface area contributed by atoms with Gasteiger partial charge in [-0.25, -0.2) is 0 Å². The summed E-state index contributed by atoms with van der Waals surface area (Å²) in [5, 5.41) is 12.4. The van der Waals surface area contributed by atoms with Gasteiger partial charge in [-0.15, -0.1) is 0 Å². The number of carboxylic acid groups (broad SMARTS) is 1. The Morgan fingerprint density at radius 3 is 2.85 bits per heavy atom. The van der Waals surface area contributed by atoms with E-state index in [2.05, 4.69) is 5.16 Å². The van der Waals surface area contributed by atoms with Gasteiger partial charge in [-0.3, -0.25) is 9.59 Å². The minimum Gasteiger partial charge on any atom is -0.481 e. The average Bonchev–Trinajstić information content (AvgIpc) is 3.01. The predicted octanol–water partition coefficient (Wildman–Crippen LogP) is 1.48. The summed E-state index contributed by atoms with van der Waals surface area (Å²) in [6.07, 6.45) is 1.59. The van der Waals surface area contributed by atoms with Crippen LogP contribution in [0.2, 0.25) is 0 Å².